The third kappa shape index (κ3) is 10.8. The van der Waals surface area contributed by atoms with Crippen LogP contribution in [0, 0.1) is 0 Å². The molecule has 3 N–H and O–H groups in total. The Hall–Kier alpha value is -7.97. The maximum atomic E-state index is 12.6. The molecule has 0 aliphatic heterocycles. The third-order valence-corrected chi connectivity index (χ3v) is 8.71. The molecule has 0 spiro atoms. The van der Waals surface area contributed by atoms with Crippen LogP contribution in [0.5, 0.6) is 0 Å². The molecule has 8 nitrogen and oxygen atoms in total. The summed E-state index contributed by atoms with van der Waals surface area (Å²) in [5.41, 5.74) is 8.44. The fraction of sp³-hybridized carbons (Fsp3) is 0. The van der Waals surface area contributed by atoms with Crippen LogP contribution >= 0.6 is 0 Å². The van der Waals surface area contributed by atoms with Gasteiger partial charge in [-0.2, -0.15) is 0 Å². The zero-order valence-electron chi connectivity index (χ0n) is 30.7. The quantitative estimate of drug-likeness (QED) is 0.108. The summed E-state index contributed by atoms with van der Waals surface area (Å²) in [5.74, 6) is -0.240. The fourth-order valence-corrected chi connectivity index (χ4v) is 5.78. The molecule has 0 saturated carbocycles. The van der Waals surface area contributed by atoms with E-state index in [0.29, 0.717) is 34.3 Å². The van der Waals surface area contributed by atoms with Gasteiger partial charge in [0.15, 0.2) is 5.82 Å². The van der Waals surface area contributed by atoms with Gasteiger partial charge in [-0.1, -0.05) is 115 Å². The normalized spacial score (nSPS) is 11.2. The Morgan fingerprint density at radius 2 is 0.667 bits per heavy atom. The first-order valence-corrected chi connectivity index (χ1v) is 18.3. The van der Waals surface area contributed by atoms with Gasteiger partial charge < -0.3 is 16.0 Å². The number of nitrogens with zero attached hydrogens (tertiary/aromatic N) is 2. The summed E-state index contributed by atoms with van der Waals surface area (Å²) in [4.78, 5) is 47.7. The molecule has 0 saturated heterocycles. The Balaban J connectivity index is 1.11. The number of rotatable bonds is 12. The van der Waals surface area contributed by atoms with Crippen molar-refractivity contribution in [2.24, 2.45) is 0 Å². The van der Waals surface area contributed by atoms with Crippen molar-refractivity contribution in [2.45, 2.75) is 0 Å². The van der Waals surface area contributed by atoms with Crippen molar-refractivity contribution in [3.8, 4) is 33.9 Å². The summed E-state index contributed by atoms with van der Waals surface area (Å²) in [5, 5.41) is 8.72. The van der Waals surface area contributed by atoms with Gasteiger partial charge in [-0.05, 0) is 89.5 Å². The van der Waals surface area contributed by atoms with Gasteiger partial charge in [-0.25, -0.2) is 9.97 Å². The molecule has 276 valence electrons. The first kappa shape index (κ1) is 37.3. The van der Waals surface area contributed by atoms with E-state index in [1.165, 1.54) is 18.2 Å². The number of nitrogens with one attached hydrogen (secondary N) is 3. The molecule has 0 aliphatic carbocycles. The predicted octanol–water partition coefficient (Wildman–Crippen LogP) is 10.4. The summed E-state index contributed by atoms with van der Waals surface area (Å²) in [6.07, 6.45) is 9.79. The van der Waals surface area contributed by atoms with Gasteiger partial charge in [0, 0.05) is 52.0 Å². The molecule has 8 heteroatoms. The van der Waals surface area contributed by atoms with Crippen molar-refractivity contribution in [3.63, 3.8) is 0 Å². The van der Waals surface area contributed by atoms with Gasteiger partial charge in [0.25, 0.3) is 0 Å². The van der Waals surface area contributed by atoms with Crippen molar-refractivity contribution in [2.75, 3.05) is 16.0 Å². The molecular formula is C49H37N5O3. The highest BCUT2D eigenvalue weighted by atomic mass is 16.2. The van der Waals surface area contributed by atoms with E-state index >= 15 is 0 Å². The van der Waals surface area contributed by atoms with E-state index in [1.54, 1.807) is 18.2 Å². The van der Waals surface area contributed by atoms with Crippen molar-refractivity contribution in [1.82, 2.24) is 9.97 Å². The van der Waals surface area contributed by atoms with Crippen molar-refractivity contribution in [3.05, 3.63) is 205 Å². The summed E-state index contributed by atoms with van der Waals surface area (Å²) in [7, 11) is 0. The van der Waals surface area contributed by atoms with E-state index in [2.05, 4.69) is 16.0 Å². The molecule has 3 amide bonds. The maximum absolute atomic E-state index is 12.6. The summed E-state index contributed by atoms with van der Waals surface area (Å²) < 4.78 is 0. The molecule has 6 aromatic carbocycles. The van der Waals surface area contributed by atoms with Gasteiger partial charge in [0.1, 0.15) is 0 Å². The Morgan fingerprint density at radius 3 is 0.982 bits per heavy atom. The molecule has 0 aliphatic rings. The van der Waals surface area contributed by atoms with E-state index in [9.17, 15) is 14.4 Å². The van der Waals surface area contributed by atoms with E-state index in [0.717, 1.165) is 33.4 Å². The highest BCUT2D eigenvalue weighted by Gasteiger charge is 2.12. The SMILES string of the molecule is O=C(/C=C/c1ccccc1)Nc1ccc(-c2cc(-c3ccc(NC(=O)/C=C/c4ccccc4)cc3)nc(-c3ccc(NC(=O)/C=C/c4ccccc4)cc3)n2)cc1. The van der Waals surface area contributed by atoms with Crippen molar-refractivity contribution < 1.29 is 14.4 Å². The maximum Gasteiger partial charge on any atom is 0.248 e. The van der Waals surface area contributed by atoms with Crippen LogP contribution in [0.1, 0.15) is 16.7 Å². The Labute approximate surface area is 331 Å². The topological polar surface area (TPSA) is 113 Å². The smallest absolute Gasteiger partial charge is 0.248 e. The highest BCUT2D eigenvalue weighted by molar-refractivity contribution is 6.03. The van der Waals surface area contributed by atoms with Gasteiger partial charge >= 0.3 is 0 Å². The van der Waals surface area contributed by atoms with Crippen LogP contribution in [0.15, 0.2) is 188 Å². The van der Waals surface area contributed by atoms with Gasteiger partial charge in [-0.15, -0.1) is 0 Å². The second kappa shape index (κ2) is 18.4. The lowest BCUT2D eigenvalue weighted by atomic mass is 10.1. The zero-order chi connectivity index (χ0) is 39.2. The van der Waals surface area contributed by atoms with Crippen LogP contribution in [0.25, 0.3) is 52.1 Å². The molecule has 1 aromatic heterocycles. The van der Waals surface area contributed by atoms with Crippen molar-refractivity contribution in [1.29, 1.82) is 0 Å². The average molecular weight is 744 g/mol. The molecule has 7 rings (SSSR count). The molecular weight excluding hydrogens is 707 g/mol. The van der Waals surface area contributed by atoms with Crippen LogP contribution in [0.2, 0.25) is 0 Å². The summed E-state index contributed by atoms with van der Waals surface area (Å²) >= 11 is 0. The molecule has 1 heterocycles. The summed E-state index contributed by atoms with van der Waals surface area (Å²) in [6, 6.07) is 53.1. The first-order valence-electron chi connectivity index (χ1n) is 18.3. The zero-order valence-corrected chi connectivity index (χ0v) is 30.7. The van der Waals surface area contributed by atoms with Crippen LogP contribution in [-0.4, -0.2) is 27.7 Å². The number of aromatic nitrogens is 2. The highest BCUT2D eigenvalue weighted by Crippen LogP contribution is 2.29. The molecule has 0 unspecified atom stereocenters. The first-order chi connectivity index (χ1) is 27.9. The fourth-order valence-electron chi connectivity index (χ4n) is 5.78. The number of carbonyl (C=O) groups excluding carboxylic acids is 3. The predicted molar refractivity (Wildman–Crippen MR) is 231 cm³/mol. The van der Waals surface area contributed by atoms with Gasteiger partial charge in [-0.3, -0.25) is 14.4 Å². The number of anilines is 3. The van der Waals surface area contributed by atoms with Crippen molar-refractivity contribution >= 4 is 53.0 Å². The van der Waals surface area contributed by atoms with E-state index < -0.39 is 0 Å². The van der Waals surface area contributed by atoms with Crippen LogP contribution in [-0.2, 0) is 14.4 Å². The molecule has 0 atom stereocenters. The Morgan fingerprint density at radius 1 is 0.368 bits per heavy atom. The van der Waals surface area contributed by atoms with Crippen LogP contribution < -0.4 is 16.0 Å². The standard InChI is InChI=1S/C49H37N5O3/c55-46(31-16-35-10-4-1-5-11-35)50-41-25-19-38(20-26-41)44-34-45(39-21-27-42(28-22-39)51-47(56)32-17-36-12-6-2-7-13-36)54-49(53-44)40-23-29-43(30-24-40)52-48(57)33-18-37-14-8-3-9-15-37/h1-34H,(H,50,55)(H,51,56)(H,52,57)/b31-16+,32-17+,33-18+. The van der Waals surface area contributed by atoms with Crippen LogP contribution in [0.3, 0.4) is 0 Å². The molecule has 0 fully saturated rings. The summed E-state index contributed by atoms with van der Waals surface area (Å²) in [6.45, 7) is 0. The van der Waals surface area contributed by atoms with Gasteiger partial charge in [0.2, 0.25) is 17.7 Å². The molecule has 57 heavy (non-hydrogen) atoms. The Bertz CT molecular complexity index is 2250. The number of carbonyl (C=O) groups is 3. The minimum absolute atomic E-state index is 0.239. The molecule has 0 bridgehead atoms. The minimum atomic E-state index is -0.245. The lowest BCUT2D eigenvalue weighted by Crippen LogP contribution is -2.07. The number of hydrogen-bond donors (Lipinski definition) is 3. The lowest BCUT2D eigenvalue weighted by molar-refractivity contribution is -0.112. The average Bonchev–Trinajstić information content (AvgIpc) is 3.26. The number of amides is 3. The Kier molecular flexibility index (Phi) is 12.0. The van der Waals surface area contributed by atoms with E-state index in [1.807, 2.05) is 170 Å². The van der Waals surface area contributed by atoms with E-state index in [4.69, 9.17) is 9.97 Å². The molecule has 0 radical (unpaired) electrons. The molecule has 7 aromatic rings. The largest absolute Gasteiger partial charge is 0.323 e. The minimum Gasteiger partial charge on any atom is -0.323 e. The second-order valence-corrected chi connectivity index (χ2v) is 12.9. The van der Waals surface area contributed by atoms with Crippen LogP contribution in [0.4, 0.5) is 17.1 Å². The van der Waals surface area contributed by atoms with Gasteiger partial charge in [0.05, 0.1) is 11.4 Å². The lowest BCUT2D eigenvalue weighted by Gasteiger charge is -2.11. The van der Waals surface area contributed by atoms with E-state index in [-0.39, 0.29) is 17.7 Å². The number of hydrogen-bond acceptors (Lipinski definition) is 5. The third-order valence-electron chi connectivity index (χ3n) is 8.71. The number of benzene rings is 6. The monoisotopic (exact) mass is 743 g/mol. The second-order valence-electron chi connectivity index (χ2n) is 12.9.